The monoisotopic (exact) mass is 231 g/mol. The van der Waals surface area contributed by atoms with Crippen molar-refractivity contribution in [2.24, 2.45) is 5.41 Å². The lowest BCUT2D eigenvalue weighted by atomic mass is 9.93. The lowest BCUT2D eigenvalue weighted by Crippen LogP contribution is -2.44. The van der Waals surface area contributed by atoms with E-state index in [2.05, 4.69) is 5.32 Å². The number of aliphatic carboxylic acids is 1. The standard InChI is InChI=1S/C10H17NO3S/c1-9(2,8(13)14)7(12)11-6-10(15-3)4-5-10/h4-6H2,1-3H3,(H,11,12)(H,13,14). The number of carboxylic acid groups (broad SMARTS) is 1. The molecule has 0 aromatic carbocycles. The van der Waals surface area contributed by atoms with Crippen LogP contribution in [-0.4, -0.2) is 34.5 Å². The zero-order valence-corrected chi connectivity index (χ0v) is 10.1. The van der Waals surface area contributed by atoms with Crippen LogP contribution in [0.5, 0.6) is 0 Å². The third-order valence-corrected chi connectivity index (χ3v) is 4.33. The van der Waals surface area contributed by atoms with Gasteiger partial charge >= 0.3 is 5.97 Å². The molecule has 0 radical (unpaired) electrons. The molecule has 86 valence electrons. The Bertz CT molecular complexity index is 284. The summed E-state index contributed by atoms with van der Waals surface area (Å²) in [7, 11) is 0. The molecule has 0 aromatic rings. The Morgan fingerprint density at radius 3 is 2.33 bits per heavy atom. The number of hydrogen-bond acceptors (Lipinski definition) is 3. The summed E-state index contributed by atoms with van der Waals surface area (Å²) in [6.07, 6.45) is 4.21. The van der Waals surface area contributed by atoms with Gasteiger partial charge in [-0.2, -0.15) is 11.8 Å². The summed E-state index contributed by atoms with van der Waals surface area (Å²) in [6, 6.07) is 0. The van der Waals surface area contributed by atoms with Crippen LogP contribution >= 0.6 is 11.8 Å². The van der Waals surface area contributed by atoms with Crippen molar-refractivity contribution in [3.63, 3.8) is 0 Å². The first kappa shape index (κ1) is 12.4. The number of carbonyl (C=O) groups excluding carboxylic acids is 1. The van der Waals surface area contributed by atoms with Gasteiger partial charge in [-0.3, -0.25) is 9.59 Å². The molecule has 0 atom stereocenters. The van der Waals surface area contributed by atoms with E-state index in [1.807, 2.05) is 6.26 Å². The molecule has 1 aliphatic rings. The SMILES string of the molecule is CSC1(CNC(=O)C(C)(C)C(=O)O)CC1. The van der Waals surface area contributed by atoms with Gasteiger partial charge in [0.15, 0.2) is 0 Å². The Balaban J connectivity index is 2.46. The Morgan fingerprint density at radius 1 is 1.47 bits per heavy atom. The first-order chi connectivity index (χ1) is 6.84. The Morgan fingerprint density at radius 2 is 2.00 bits per heavy atom. The van der Waals surface area contributed by atoms with Gasteiger partial charge in [-0.15, -0.1) is 0 Å². The van der Waals surface area contributed by atoms with Crippen LogP contribution in [0.1, 0.15) is 26.7 Å². The van der Waals surface area contributed by atoms with Gasteiger partial charge < -0.3 is 10.4 Å². The smallest absolute Gasteiger partial charge is 0.318 e. The Kier molecular flexibility index (Phi) is 3.33. The Hall–Kier alpha value is -0.710. The van der Waals surface area contributed by atoms with E-state index in [4.69, 9.17) is 5.11 Å². The molecule has 0 unspecified atom stereocenters. The lowest BCUT2D eigenvalue weighted by molar-refractivity contribution is -0.153. The molecule has 2 N–H and O–H groups in total. The van der Waals surface area contributed by atoms with E-state index >= 15 is 0 Å². The molecule has 0 saturated heterocycles. The number of thioether (sulfide) groups is 1. The lowest BCUT2D eigenvalue weighted by Gasteiger charge is -2.20. The van der Waals surface area contributed by atoms with Crippen LogP contribution in [0, 0.1) is 5.41 Å². The molecule has 1 saturated carbocycles. The molecule has 0 bridgehead atoms. The largest absolute Gasteiger partial charge is 0.480 e. The maximum atomic E-state index is 11.6. The second kappa shape index (κ2) is 4.04. The van der Waals surface area contributed by atoms with Crippen molar-refractivity contribution in [2.75, 3.05) is 12.8 Å². The highest BCUT2D eigenvalue weighted by Crippen LogP contribution is 2.46. The van der Waals surface area contributed by atoms with E-state index in [1.165, 1.54) is 13.8 Å². The number of nitrogens with one attached hydrogen (secondary N) is 1. The van der Waals surface area contributed by atoms with Crippen molar-refractivity contribution < 1.29 is 14.7 Å². The molecular weight excluding hydrogens is 214 g/mol. The van der Waals surface area contributed by atoms with Crippen LogP contribution in [0.25, 0.3) is 0 Å². The molecule has 15 heavy (non-hydrogen) atoms. The van der Waals surface area contributed by atoms with Crippen LogP contribution in [0.2, 0.25) is 0 Å². The third-order valence-electron chi connectivity index (χ3n) is 2.91. The van der Waals surface area contributed by atoms with Gasteiger partial charge in [0, 0.05) is 11.3 Å². The van der Waals surface area contributed by atoms with Gasteiger partial charge in [-0.05, 0) is 32.9 Å². The van der Waals surface area contributed by atoms with E-state index in [1.54, 1.807) is 11.8 Å². The summed E-state index contributed by atoms with van der Waals surface area (Å²) in [6.45, 7) is 3.41. The predicted octanol–water partition coefficient (Wildman–Crippen LogP) is 1.11. The average molecular weight is 231 g/mol. The molecule has 4 nitrogen and oxygen atoms in total. The Labute approximate surface area is 93.8 Å². The summed E-state index contributed by atoms with van der Waals surface area (Å²) in [5.41, 5.74) is -1.34. The first-order valence-electron chi connectivity index (χ1n) is 4.91. The third kappa shape index (κ3) is 2.65. The van der Waals surface area contributed by atoms with E-state index < -0.39 is 17.3 Å². The zero-order valence-electron chi connectivity index (χ0n) is 9.29. The van der Waals surface area contributed by atoms with Gasteiger partial charge in [-0.1, -0.05) is 0 Å². The predicted molar refractivity (Wildman–Crippen MR) is 59.9 cm³/mol. The highest BCUT2D eigenvalue weighted by atomic mass is 32.2. The van der Waals surface area contributed by atoms with E-state index in [9.17, 15) is 9.59 Å². The van der Waals surface area contributed by atoms with Crippen molar-refractivity contribution in [1.82, 2.24) is 5.32 Å². The fourth-order valence-corrected chi connectivity index (χ4v) is 1.88. The molecule has 1 amide bonds. The highest BCUT2D eigenvalue weighted by molar-refractivity contribution is 8.00. The molecule has 0 aliphatic heterocycles. The van der Waals surface area contributed by atoms with Gasteiger partial charge in [0.2, 0.25) is 5.91 Å². The summed E-state index contributed by atoms with van der Waals surface area (Å²) in [4.78, 5) is 22.4. The molecule has 0 spiro atoms. The van der Waals surface area contributed by atoms with Crippen LogP contribution in [0.15, 0.2) is 0 Å². The van der Waals surface area contributed by atoms with Crippen LogP contribution < -0.4 is 5.32 Å². The molecule has 0 heterocycles. The summed E-state index contributed by atoms with van der Waals surface area (Å²) >= 11 is 1.74. The molecule has 1 aliphatic carbocycles. The molecule has 1 rings (SSSR count). The van der Waals surface area contributed by atoms with Gasteiger partial charge in [0.25, 0.3) is 0 Å². The molecule has 0 aromatic heterocycles. The quantitative estimate of drug-likeness (QED) is 0.696. The fourth-order valence-electron chi connectivity index (χ4n) is 1.15. The van der Waals surface area contributed by atoms with Gasteiger partial charge in [0.05, 0.1) is 0 Å². The molecule has 1 fully saturated rings. The maximum absolute atomic E-state index is 11.6. The summed E-state index contributed by atoms with van der Waals surface area (Å²) in [5.74, 6) is -1.50. The minimum Gasteiger partial charge on any atom is -0.480 e. The van der Waals surface area contributed by atoms with Crippen molar-refractivity contribution in [2.45, 2.75) is 31.4 Å². The minimum absolute atomic E-state index is 0.171. The zero-order chi connectivity index (χ0) is 11.7. The van der Waals surface area contributed by atoms with Crippen LogP contribution in [0.4, 0.5) is 0 Å². The van der Waals surface area contributed by atoms with Crippen LogP contribution in [0.3, 0.4) is 0 Å². The summed E-state index contributed by atoms with van der Waals surface area (Å²) in [5, 5.41) is 11.6. The second-order valence-electron chi connectivity index (χ2n) is 4.50. The number of amides is 1. The number of rotatable bonds is 5. The van der Waals surface area contributed by atoms with Crippen LogP contribution in [-0.2, 0) is 9.59 Å². The van der Waals surface area contributed by atoms with E-state index in [0.717, 1.165) is 12.8 Å². The van der Waals surface area contributed by atoms with Crippen molar-refractivity contribution in [3.05, 3.63) is 0 Å². The molecular formula is C10H17NO3S. The maximum Gasteiger partial charge on any atom is 0.318 e. The average Bonchev–Trinajstić information content (AvgIpc) is 2.94. The fraction of sp³-hybridized carbons (Fsp3) is 0.800. The first-order valence-corrected chi connectivity index (χ1v) is 6.13. The van der Waals surface area contributed by atoms with E-state index in [-0.39, 0.29) is 4.75 Å². The van der Waals surface area contributed by atoms with Gasteiger partial charge in [0.1, 0.15) is 5.41 Å². The number of carboxylic acids is 1. The highest BCUT2D eigenvalue weighted by Gasteiger charge is 2.44. The van der Waals surface area contributed by atoms with E-state index in [0.29, 0.717) is 6.54 Å². The van der Waals surface area contributed by atoms with Crippen molar-refractivity contribution in [1.29, 1.82) is 0 Å². The van der Waals surface area contributed by atoms with Crippen molar-refractivity contribution in [3.8, 4) is 0 Å². The normalized spacial score (nSPS) is 18.3. The number of hydrogen-bond donors (Lipinski definition) is 2. The number of carbonyl (C=O) groups is 2. The van der Waals surface area contributed by atoms with Crippen molar-refractivity contribution >= 4 is 23.6 Å². The van der Waals surface area contributed by atoms with Gasteiger partial charge in [-0.25, -0.2) is 0 Å². The minimum atomic E-state index is -1.34. The topological polar surface area (TPSA) is 66.4 Å². The summed E-state index contributed by atoms with van der Waals surface area (Å²) < 4.78 is 0.171. The molecule has 5 heteroatoms. The second-order valence-corrected chi connectivity index (χ2v) is 5.77.